The molecule has 3 rings (SSSR count). The highest BCUT2D eigenvalue weighted by atomic mass is 32.2. The van der Waals surface area contributed by atoms with Crippen LogP contribution >= 0.6 is 11.3 Å². The van der Waals surface area contributed by atoms with Gasteiger partial charge in [0.15, 0.2) is 0 Å². The van der Waals surface area contributed by atoms with E-state index in [1.54, 1.807) is 11.3 Å². The lowest BCUT2D eigenvalue weighted by Crippen LogP contribution is -2.58. The van der Waals surface area contributed by atoms with Crippen LogP contribution in [0, 0.1) is 6.92 Å². The Bertz CT molecular complexity index is 708. The minimum absolute atomic E-state index is 0.0749. The van der Waals surface area contributed by atoms with Crippen molar-refractivity contribution in [1.82, 2.24) is 14.2 Å². The van der Waals surface area contributed by atoms with Crippen LogP contribution in [-0.4, -0.2) is 73.2 Å². The van der Waals surface area contributed by atoms with Crippen LogP contribution in [-0.2, 0) is 26.0 Å². The summed E-state index contributed by atoms with van der Waals surface area (Å²) in [4.78, 5) is 18.6. The third kappa shape index (κ3) is 3.96. The first kappa shape index (κ1) is 17.8. The number of carbonyl (C=O) groups excluding carboxylic acids is 1. The normalized spacial score (nSPS) is 22.0. The summed E-state index contributed by atoms with van der Waals surface area (Å²) < 4.78 is 31.0. The Morgan fingerprint density at radius 3 is 2.67 bits per heavy atom. The van der Waals surface area contributed by atoms with E-state index in [9.17, 15) is 13.2 Å². The molecule has 0 aromatic carbocycles. The van der Waals surface area contributed by atoms with Gasteiger partial charge in [-0.15, -0.1) is 11.3 Å². The Morgan fingerprint density at radius 2 is 2.08 bits per heavy atom. The van der Waals surface area contributed by atoms with Crippen molar-refractivity contribution < 1.29 is 17.9 Å². The minimum atomic E-state index is -3.20. The van der Waals surface area contributed by atoms with E-state index in [1.165, 1.54) is 10.6 Å². The fourth-order valence-corrected chi connectivity index (χ4v) is 4.80. The third-order valence-corrected chi connectivity index (χ3v) is 6.78. The SMILES string of the molecule is Cc1nc(CC(=O)N2CCC3(CC2)CN(S(C)(=O)=O)CCO3)cs1. The summed E-state index contributed by atoms with van der Waals surface area (Å²) in [6.07, 6.45) is 2.90. The molecule has 3 heterocycles. The first-order valence-corrected chi connectivity index (χ1v) is 10.8. The fraction of sp³-hybridized carbons (Fsp3) is 0.733. The number of nitrogens with zero attached hydrogens (tertiary/aromatic N) is 3. The minimum Gasteiger partial charge on any atom is -0.372 e. The average Bonchev–Trinajstić information content (AvgIpc) is 2.92. The number of ether oxygens (including phenoxy) is 1. The predicted octanol–water partition coefficient (Wildman–Crippen LogP) is 0.647. The van der Waals surface area contributed by atoms with Gasteiger partial charge in [-0.1, -0.05) is 0 Å². The Hall–Kier alpha value is -1.03. The van der Waals surface area contributed by atoms with E-state index < -0.39 is 15.6 Å². The number of morpholine rings is 1. The zero-order valence-electron chi connectivity index (χ0n) is 14.0. The van der Waals surface area contributed by atoms with Crippen LogP contribution in [0.15, 0.2) is 5.38 Å². The molecule has 134 valence electrons. The highest BCUT2D eigenvalue weighted by Crippen LogP contribution is 2.31. The van der Waals surface area contributed by atoms with Crippen molar-refractivity contribution >= 4 is 27.3 Å². The summed E-state index contributed by atoms with van der Waals surface area (Å²) in [6, 6.07) is 0. The summed E-state index contributed by atoms with van der Waals surface area (Å²) in [6.45, 7) is 4.33. The molecule has 2 aliphatic heterocycles. The Kier molecular flexibility index (Phi) is 4.96. The fourth-order valence-electron chi connectivity index (χ4n) is 3.32. The van der Waals surface area contributed by atoms with E-state index in [2.05, 4.69) is 4.98 Å². The summed E-state index contributed by atoms with van der Waals surface area (Å²) in [7, 11) is -3.20. The summed E-state index contributed by atoms with van der Waals surface area (Å²) >= 11 is 1.55. The monoisotopic (exact) mass is 373 g/mol. The molecule has 9 heteroatoms. The predicted molar refractivity (Wildman–Crippen MR) is 91.5 cm³/mol. The van der Waals surface area contributed by atoms with Crippen molar-refractivity contribution in [3.05, 3.63) is 16.1 Å². The van der Waals surface area contributed by atoms with Gasteiger partial charge in [0.2, 0.25) is 15.9 Å². The maximum Gasteiger partial charge on any atom is 0.228 e. The van der Waals surface area contributed by atoms with Crippen LogP contribution < -0.4 is 0 Å². The van der Waals surface area contributed by atoms with Gasteiger partial charge in [0.1, 0.15) is 0 Å². The Balaban J connectivity index is 1.58. The number of aromatic nitrogens is 1. The number of carbonyl (C=O) groups is 1. The molecule has 24 heavy (non-hydrogen) atoms. The molecule has 0 radical (unpaired) electrons. The highest BCUT2D eigenvalue weighted by Gasteiger charge is 2.42. The van der Waals surface area contributed by atoms with Crippen molar-refractivity contribution in [2.24, 2.45) is 0 Å². The largest absolute Gasteiger partial charge is 0.372 e. The van der Waals surface area contributed by atoms with Gasteiger partial charge in [0.05, 0.1) is 35.6 Å². The number of thiazole rings is 1. The van der Waals surface area contributed by atoms with Gasteiger partial charge in [-0.25, -0.2) is 13.4 Å². The molecule has 2 saturated heterocycles. The lowest BCUT2D eigenvalue weighted by Gasteiger charge is -2.46. The molecule has 0 N–H and O–H groups in total. The van der Waals surface area contributed by atoms with Crippen molar-refractivity contribution in [1.29, 1.82) is 0 Å². The molecule has 0 aliphatic carbocycles. The van der Waals surface area contributed by atoms with Gasteiger partial charge in [-0.05, 0) is 19.8 Å². The van der Waals surface area contributed by atoms with Crippen LogP contribution in [0.25, 0.3) is 0 Å². The number of hydrogen-bond donors (Lipinski definition) is 0. The number of sulfonamides is 1. The molecule has 1 spiro atoms. The molecular weight excluding hydrogens is 350 g/mol. The molecular formula is C15H23N3O4S2. The van der Waals surface area contributed by atoms with E-state index in [4.69, 9.17) is 4.74 Å². The molecule has 2 aliphatic rings. The van der Waals surface area contributed by atoms with Gasteiger partial charge < -0.3 is 9.64 Å². The molecule has 7 nitrogen and oxygen atoms in total. The molecule has 2 fully saturated rings. The standard InChI is InChI=1S/C15H23N3O4S2/c1-12-16-13(10-23-12)9-14(19)17-5-3-15(4-6-17)11-18(7-8-22-15)24(2,20)21/h10H,3-9,11H2,1-2H3. The van der Waals surface area contributed by atoms with E-state index >= 15 is 0 Å². The topological polar surface area (TPSA) is 79.8 Å². The summed E-state index contributed by atoms with van der Waals surface area (Å²) in [5.74, 6) is 0.0749. The number of likely N-dealkylation sites (tertiary alicyclic amines) is 1. The molecule has 1 aromatic rings. The molecule has 0 unspecified atom stereocenters. The molecule has 0 saturated carbocycles. The molecule has 1 amide bonds. The second-order valence-corrected chi connectivity index (χ2v) is 9.59. The second kappa shape index (κ2) is 6.70. The maximum atomic E-state index is 12.4. The molecule has 0 bridgehead atoms. The Labute approximate surface area is 146 Å². The first-order valence-electron chi connectivity index (χ1n) is 8.05. The van der Waals surface area contributed by atoms with Crippen LogP contribution in [0.4, 0.5) is 0 Å². The molecule has 0 atom stereocenters. The van der Waals surface area contributed by atoms with Gasteiger partial charge in [-0.3, -0.25) is 4.79 Å². The lowest BCUT2D eigenvalue weighted by atomic mass is 9.90. The summed E-state index contributed by atoms with van der Waals surface area (Å²) in [5.41, 5.74) is 0.370. The number of amides is 1. The molecule has 1 aromatic heterocycles. The van der Waals surface area contributed by atoms with Gasteiger partial charge in [0, 0.05) is 31.6 Å². The highest BCUT2D eigenvalue weighted by molar-refractivity contribution is 7.88. The second-order valence-electron chi connectivity index (χ2n) is 6.54. The zero-order chi connectivity index (χ0) is 17.4. The van der Waals surface area contributed by atoms with Gasteiger partial charge >= 0.3 is 0 Å². The first-order chi connectivity index (χ1) is 11.3. The van der Waals surface area contributed by atoms with Crippen LogP contribution in [0.5, 0.6) is 0 Å². The van der Waals surface area contributed by atoms with E-state index in [0.717, 1.165) is 10.7 Å². The average molecular weight is 374 g/mol. The number of hydrogen-bond acceptors (Lipinski definition) is 6. The zero-order valence-corrected chi connectivity index (χ0v) is 15.7. The smallest absolute Gasteiger partial charge is 0.228 e. The number of rotatable bonds is 3. The van der Waals surface area contributed by atoms with E-state index in [1.807, 2.05) is 17.2 Å². The van der Waals surface area contributed by atoms with E-state index in [-0.39, 0.29) is 5.91 Å². The van der Waals surface area contributed by atoms with E-state index in [0.29, 0.717) is 52.0 Å². The van der Waals surface area contributed by atoms with Crippen LogP contribution in [0.2, 0.25) is 0 Å². The number of piperidine rings is 1. The van der Waals surface area contributed by atoms with Crippen molar-refractivity contribution in [3.63, 3.8) is 0 Å². The number of aryl methyl sites for hydroxylation is 1. The van der Waals surface area contributed by atoms with Crippen molar-refractivity contribution in [3.8, 4) is 0 Å². The Morgan fingerprint density at radius 1 is 1.38 bits per heavy atom. The third-order valence-electron chi connectivity index (χ3n) is 4.71. The van der Waals surface area contributed by atoms with Crippen molar-refractivity contribution in [2.75, 3.05) is 39.0 Å². The van der Waals surface area contributed by atoms with Crippen LogP contribution in [0.1, 0.15) is 23.5 Å². The maximum absolute atomic E-state index is 12.4. The van der Waals surface area contributed by atoms with Crippen LogP contribution in [0.3, 0.4) is 0 Å². The van der Waals surface area contributed by atoms with Crippen molar-refractivity contribution in [2.45, 2.75) is 31.8 Å². The summed E-state index contributed by atoms with van der Waals surface area (Å²) in [5, 5.41) is 2.89. The van der Waals surface area contributed by atoms with Gasteiger partial charge in [-0.2, -0.15) is 4.31 Å². The lowest BCUT2D eigenvalue weighted by molar-refractivity contribution is -0.144. The van der Waals surface area contributed by atoms with Gasteiger partial charge in [0.25, 0.3) is 0 Å². The quantitative estimate of drug-likeness (QED) is 0.777.